The van der Waals surface area contributed by atoms with Crippen LogP contribution in [0.4, 0.5) is 0 Å². The van der Waals surface area contributed by atoms with Crippen LogP contribution in [-0.4, -0.2) is 115 Å². The summed E-state index contributed by atoms with van der Waals surface area (Å²) in [6.07, 6.45) is -2.33. The maximum absolute atomic E-state index is 14.4. The van der Waals surface area contributed by atoms with E-state index in [4.69, 9.17) is 18.9 Å². The van der Waals surface area contributed by atoms with Gasteiger partial charge in [-0.05, 0) is 95.9 Å². The molecule has 16 nitrogen and oxygen atoms in total. The van der Waals surface area contributed by atoms with E-state index in [-0.39, 0.29) is 64.5 Å². The molecular formula is C40H66N4O12. The molecule has 0 aromatic heterocycles. The van der Waals surface area contributed by atoms with Gasteiger partial charge in [0, 0.05) is 84.8 Å². The van der Waals surface area contributed by atoms with Crippen LogP contribution in [0.1, 0.15) is 147 Å². The van der Waals surface area contributed by atoms with Crippen molar-refractivity contribution in [2.45, 2.75) is 205 Å². The molecule has 4 aliphatic rings. The maximum atomic E-state index is 14.4. The normalized spacial score (nSPS) is 27.5. The van der Waals surface area contributed by atoms with Crippen LogP contribution in [0.2, 0.25) is 0 Å². The molecule has 318 valence electrons. The molecule has 4 heterocycles. The molecule has 4 saturated heterocycles. The summed E-state index contributed by atoms with van der Waals surface area (Å²) >= 11 is 0. The van der Waals surface area contributed by atoms with E-state index in [9.17, 15) is 40.0 Å². The summed E-state index contributed by atoms with van der Waals surface area (Å²) in [5.74, 6) is -6.61. The minimum Gasteiger partial charge on any atom is -0.462 e. The van der Waals surface area contributed by atoms with Gasteiger partial charge in [0.05, 0.1) is 24.7 Å². The zero-order chi connectivity index (χ0) is 42.4. The molecule has 0 aromatic rings. The zero-order valence-corrected chi connectivity index (χ0v) is 35.6. The van der Waals surface area contributed by atoms with Crippen molar-refractivity contribution in [3.63, 3.8) is 0 Å². The number of hydrogen-bond acceptors (Lipinski definition) is 12. The molecule has 56 heavy (non-hydrogen) atoms. The highest BCUT2D eigenvalue weighted by atomic mass is 16.6. The van der Waals surface area contributed by atoms with Gasteiger partial charge in [-0.3, -0.25) is 19.2 Å². The van der Waals surface area contributed by atoms with Gasteiger partial charge in [0.2, 0.25) is 0 Å². The molecule has 0 aliphatic carbocycles. The average Bonchev–Trinajstić information content (AvgIpc) is 3.03. The van der Waals surface area contributed by atoms with Gasteiger partial charge in [-0.1, -0.05) is 0 Å². The van der Waals surface area contributed by atoms with Crippen molar-refractivity contribution in [3.05, 3.63) is 0 Å². The van der Waals surface area contributed by atoms with E-state index < -0.39 is 106 Å². The van der Waals surface area contributed by atoms with Crippen LogP contribution in [-0.2, 0) is 59.0 Å². The quantitative estimate of drug-likeness (QED) is 0.199. The van der Waals surface area contributed by atoms with Crippen LogP contribution in [0.3, 0.4) is 0 Å². The van der Waals surface area contributed by atoms with Crippen molar-refractivity contribution in [2.75, 3.05) is 13.1 Å². The molecule has 4 radical (unpaired) electrons. The van der Waals surface area contributed by atoms with Gasteiger partial charge in [0.25, 0.3) is 0 Å². The van der Waals surface area contributed by atoms with Gasteiger partial charge in [-0.25, -0.2) is 0 Å². The third-order valence-electron chi connectivity index (χ3n) is 12.1. The van der Waals surface area contributed by atoms with Crippen molar-refractivity contribution in [2.24, 2.45) is 11.8 Å². The number of carbonyl (C=O) groups is 4. The van der Waals surface area contributed by atoms with Crippen molar-refractivity contribution in [3.8, 4) is 0 Å². The lowest BCUT2D eigenvalue weighted by molar-refractivity contribution is -0.300. The Morgan fingerprint density at radius 2 is 0.696 bits per heavy atom. The van der Waals surface area contributed by atoms with Crippen molar-refractivity contribution in [1.82, 2.24) is 20.3 Å². The molecule has 4 rings (SSSR count). The lowest BCUT2D eigenvalue weighted by Crippen LogP contribution is -2.60. The number of nitrogens with zero attached hydrogens (tertiary/aromatic N) is 4. The van der Waals surface area contributed by atoms with Gasteiger partial charge in [0.1, 0.15) is 24.4 Å². The Hall–Kier alpha value is -2.44. The molecule has 0 amide bonds. The summed E-state index contributed by atoms with van der Waals surface area (Å²) in [5.41, 5.74) is -5.24. The standard InChI is InChI=1S/C40H66N4O12/c1-35(2)19-26(20-36(3,4)42(35)50)53-31(45)17-29(33(47)55-25-13-15-41(49)16-14-25)30(34(48)56-28-23-39(9,10)44(52)40(11,12)24-28)18-32(46)54-27-21-37(5,6)43(51)38(7,8)22-27/h25-30H,13-24H2,1-12H3. The number of piperidine rings is 4. The van der Waals surface area contributed by atoms with E-state index >= 15 is 0 Å². The zero-order valence-electron chi connectivity index (χ0n) is 35.6. The topological polar surface area (TPSA) is 198 Å². The summed E-state index contributed by atoms with van der Waals surface area (Å²) in [6.45, 7) is 21.3. The number of esters is 4. The molecule has 4 aliphatic heterocycles. The molecule has 0 N–H and O–H groups in total. The van der Waals surface area contributed by atoms with Crippen LogP contribution in [0, 0.1) is 11.8 Å². The van der Waals surface area contributed by atoms with Crippen molar-refractivity contribution < 1.29 is 59.0 Å². The van der Waals surface area contributed by atoms with E-state index in [0.29, 0.717) is 0 Å². The Bertz CT molecular complexity index is 1390. The summed E-state index contributed by atoms with van der Waals surface area (Å²) in [7, 11) is 0. The van der Waals surface area contributed by atoms with Crippen LogP contribution < -0.4 is 0 Å². The van der Waals surface area contributed by atoms with E-state index in [0.717, 1.165) is 20.3 Å². The minimum absolute atomic E-state index is 0.130. The molecule has 2 atom stereocenters. The molecule has 0 bridgehead atoms. The van der Waals surface area contributed by atoms with E-state index in [1.165, 1.54) is 0 Å². The van der Waals surface area contributed by atoms with Gasteiger partial charge in [-0.15, -0.1) is 36.0 Å². The van der Waals surface area contributed by atoms with Crippen LogP contribution >= 0.6 is 0 Å². The maximum Gasteiger partial charge on any atom is 0.310 e. The second-order valence-electron chi connectivity index (χ2n) is 20.5. The summed E-state index contributed by atoms with van der Waals surface area (Å²) in [5, 5.41) is 54.8. The fourth-order valence-corrected chi connectivity index (χ4v) is 9.83. The average molecular weight is 795 g/mol. The van der Waals surface area contributed by atoms with Gasteiger partial charge >= 0.3 is 23.9 Å². The predicted molar refractivity (Wildman–Crippen MR) is 197 cm³/mol. The highest BCUT2D eigenvalue weighted by Crippen LogP contribution is 2.42. The fourth-order valence-electron chi connectivity index (χ4n) is 9.83. The SMILES string of the molecule is CC1(C)CC(OC(=O)CC(C(=O)OC2CCN([O])CC2)C(CC(=O)OC2CC(C)(C)N([O])C(C)(C)C2)C(=O)OC2CC(C)(C)N([O])C(C)(C)C2)CC(C)(C)N1[O]. The monoisotopic (exact) mass is 794 g/mol. The van der Waals surface area contributed by atoms with Gasteiger partial charge in [-0.2, -0.15) is 5.06 Å². The first-order valence-electron chi connectivity index (χ1n) is 20.1. The van der Waals surface area contributed by atoms with Crippen LogP contribution in [0.15, 0.2) is 0 Å². The lowest BCUT2D eigenvalue weighted by atomic mass is 9.79. The Kier molecular flexibility index (Phi) is 13.8. The summed E-state index contributed by atoms with van der Waals surface area (Å²) in [4.78, 5) is 56.4. The first kappa shape index (κ1) is 46.3. The van der Waals surface area contributed by atoms with Crippen molar-refractivity contribution >= 4 is 23.9 Å². The second kappa shape index (κ2) is 16.7. The van der Waals surface area contributed by atoms with Crippen LogP contribution in [0.5, 0.6) is 0 Å². The highest BCUT2D eigenvalue weighted by Gasteiger charge is 2.52. The molecule has 4 fully saturated rings. The first-order chi connectivity index (χ1) is 25.5. The van der Waals surface area contributed by atoms with E-state index in [1.54, 1.807) is 83.1 Å². The fraction of sp³-hybridized carbons (Fsp3) is 0.900. The highest BCUT2D eigenvalue weighted by molar-refractivity contribution is 5.88. The predicted octanol–water partition coefficient (Wildman–Crippen LogP) is 5.08. The molecule has 16 heteroatoms. The number of ether oxygens (including phenoxy) is 4. The summed E-state index contributed by atoms with van der Waals surface area (Å²) < 4.78 is 23.8. The Morgan fingerprint density at radius 3 is 0.982 bits per heavy atom. The lowest BCUT2D eigenvalue weighted by Gasteiger charge is -2.49. The number of hydroxylamine groups is 8. The van der Waals surface area contributed by atoms with E-state index in [1.807, 2.05) is 0 Å². The second-order valence-corrected chi connectivity index (χ2v) is 20.5. The van der Waals surface area contributed by atoms with E-state index in [2.05, 4.69) is 0 Å². The Morgan fingerprint density at radius 1 is 0.446 bits per heavy atom. The molecule has 2 unspecified atom stereocenters. The third-order valence-corrected chi connectivity index (χ3v) is 12.1. The molecule has 0 aromatic carbocycles. The third kappa shape index (κ3) is 11.0. The van der Waals surface area contributed by atoms with Gasteiger partial charge in [0.15, 0.2) is 0 Å². The van der Waals surface area contributed by atoms with Gasteiger partial charge < -0.3 is 18.9 Å². The van der Waals surface area contributed by atoms with Crippen molar-refractivity contribution in [1.29, 1.82) is 0 Å². The Balaban J connectivity index is 1.66. The molecular weight excluding hydrogens is 728 g/mol. The number of hydrogen-bond donors (Lipinski definition) is 0. The number of carbonyl (C=O) groups excluding carboxylic acids is 4. The minimum atomic E-state index is -1.56. The number of rotatable bonds is 11. The first-order valence-corrected chi connectivity index (χ1v) is 20.1. The largest absolute Gasteiger partial charge is 0.462 e. The molecule has 0 spiro atoms. The summed E-state index contributed by atoms with van der Waals surface area (Å²) in [6, 6.07) is 0. The Labute approximate surface area is 332 Å². The van der Waals surface area contributed by atoms with Crippen LogP contribution in [0.25, 0.3) is 0 Å². The smallest absolute Gasteiger partial charge is 0.310 e. The molecule has 0 saturated carbocycles.